The number of aryl methyl sites for hydroxylation is 1. The molecule has 0 aliphatic rings. The predicted molar refractivity (Wildman–Crippen MR) is 82.3 cm³/mol. The van der Waals surface area contributed by atoms with E-state index in [9.17, 15) is 0 Å². The molecule has 1 aromatic heterocycles. The first-order valence-corrected chi connectivity index (χ1v) is 7.14. The lowest BCUT2D eigenvalue weighted by atomic mass is 10.2. The summed E-state index contributed by atoms with van der Waals surface area (Å²) in [6.45, 7) is 4.04. The molecule has 0 unspecified atom stereocenters. The first kappa shape index (κ1) is 14.8. The Hall–Kier alpha value is -1.65. The van der Waals surface area contributed by atoms with Crippen LogP contribution in [0.25, 0.3) is 0 Å². The van der Waals surface area contributed by atoms with Crippen LogP contribution in [0, 0.1) is 0 Å². The van der Waals surface area contributed by atoms with Crippen molar-refractivity contribution in [3.05, 3.63) is 54.1 Å². The summed E-state index contributed by atoms with van der Waals surface area (Å²) >= 11 is 0. The van der Waals surface area contributed by atoms with Gasteiger partial charge in [-0.1, -0.05) is 30.3 Å². The van der Waals surface area contributed by atoms with Crippen LogP contribution in [0.15, 0.2) is 42.9 Å². The average molecular weight is 272 g/mol. The zero-order chi connectivity index (χ0) is 14.2. The van der Waals surface area contributed by atoms with Gasteiger partial charge in [0.25, 0.3) is 0 Å². The molecule has 0 bridgehead atoms. The topological polar surface area (TPSA) is 33.1 Å². The van der Waals surface area contributed by atoms with Crippen LogP contribution in [0.2, 0.25) is 0 Å². The van der Waals surface area contributed by atoms with Crippen molar-refractivity contribution in [3.63, 3.8) is 0 Å². The number of hydrogen-bond donors (Lipinski definition) is 1. The molecule has 0 saturated heterocycles. The smallest absolute Gasteiger partial charge is 0.0945 e. The molecule has 0 aliphatic heterocycles. The molecule has 1 heterocycles. The van der Waals surface area contributed by atoms with E-state index in [-0.39, 0.29) is 0 Å². The number of hydrogen-bond acceptors (Lipinski definition) is 3. The minimum atomic E-state index is 0.888. The van der Waals surface area contributed by atoms with Gasteiger partial charge in [-0.05, 0) is 32.1 Å². The number of benzene rings is 1. The summed E-state index contributed by atoms with van der Waals surface area (Å²) in [5.41, 5.74) is 2.60. The fraction of sp³-hybridized carbons (Fsp3) is 0.438. The van der Waals surface area contributed by atoms with Crippen LogP contribution in [0.3, 0.4) is 0 Å². The summed E-state index contributed by atoms with van der Waals surface area (Å²) in [5, 5.41) is 3.46. The predicted octanol–water partition coefficient (Wildman–Crippen LogP) is 2.03. The monoisotopic (exact) mass is 272 g/mol. The molecule has 108 valence electrons. The maximum absolute atomic E-state index is 4.11. The Morgan fingerprint density at radius 1 is 1.25 bits per heavy atom. The molecule has 0 atom stereocenters. The standard InChI is InChI=1S/C16H24N4/c1-19(13-15-7-4-3-5-8-15)10-6-9-17-11-16-12-18-14-20(16)2/h3-5,7-8,12,14,17H,6,9-11,13H2,1-2H3. The second-order valence-corrected chi connectivity index (χ2v) is 5.25. The second-order valence-electron chi connectivity index (χ2n) is 5.25. The summed E-state index contributed by atoms with van der Waals surface area (Å²) in [6.07, 6.45) is 4.90. The van der Waals surface area contributed by atoms with Gasteiger partial charge in [-0.3, -0.25) is 0 Å². The van der Waals surface area contributed by atoms with E-state index in [1.807, 2.05) is 19.6 Å². The summed E-state index contributed by atoms with van der Waals surface area (Å²) in [7, 11) is 4.20. The van der Waals surface area contributed by atoms with Gasteiger partial charge in [0.2, 0.25) is 0 Å². The maximum Gasteiger partial charge on any atom is 0.0945 e. The van der Waals surface area contributed by atoms with Crippen LogP contribution in [-0.4, -0.2) is 34.6 Å². The molecule has 0 amide bonds. The summed E-state index contributed by atoms with van der Waals surface area (Å²) in [6, 6.07) is 10.6. The molecule has 0 fully saturated rings. The lowest BCUT2D eigenvalue weighted by Crippen LogP contribution is -2.24. The lowest BCUT2D eigenvalue weighted by Gasteiger charge is -2.16. The van der Waals surface area contributed by atoms with Crippen molar-refractivity contribution in [3.8, 4) is 0 Å². The summed E-state index contributed by atoms with van der Waals surface area (Å²) < 4.78 is 2.05. The summed E-state index contributed by atoms with van der Waals surface area (Å²) in [4.78, 5) is 6.47. The molecule has 1 N–H and O–H groups in total. The fourth-order valence-electron chi connectivity index (χ4n) is 2.22. The molecule has 0 radical (unpaired) electrons. The molecule has 4 heteroatoms. The molecular formula is C16H24N4. The van der Waals surface area contributed by atoms with Crippen LogP contribution >= 0.6 is 0 Å². The first-order valence-electron chi connectivity index (χ1n) is 7.14. The average Bonchev–Trinajstić information content (AvgIpc) is 2.85. The maximum atomic E-state index is 4.11. The van der Waals surface area contributed by atoms with E-state index in [1.165, 1.54) is 11.3 Å². The SMILES string of the molecule is CN(CCCNCc1cncn1C)Cc1ccccc1. The largest absolute Gasteiger partial charge is 0.337 e. The van der Waals surface area contributed by atoms with Gasteiger partial charge in [0.1, 0.15) is 0 Å². The second kappa shape index (κ2) is 7.82. The number of nitrogens with one attached hydrogen (secondary N) is 1. The Balaban J connectivity index is 1.58. The molecule has 0 aliphatic carbocycles. The van der Waals surface area contributed by atoms with Gasteiger partial charge in [-0.2, -0.15) is 0 Å². The first-order chi connectivity index (χ1) is 9.75. The third-order valence-electron chi connectivity index (χ3n) is 3.41. The fourth-order valence-corrected chi connectivity index (χ4v) is 2.22. The van der Waals surface area contributed by atoms with Gasteiger partial charge in [-0.15, -0.1) is 0 Å². The highest BCUT2D eigenvalue weighted by Crippen LogP contribution is 2.02. The molecule has 1 aromatic carbocycles. The van der Waals surface area contributed by atoms with E-state index in [1.54, 1.807) is 0 Å². The molecule has 4 nitrogen and oxygen atoms in total. The van der Waals surface area contributed by atoms with E-state index in [4.69, 9.17) is 0 Å². The van der Waals surface area contributed by atoms with Crippen molar-refractivity contribution in [1.82, 2.24) is 19.8 Å². The normalized spacial score (nSPS) is 11.2. The quantitative estimate of drug-likeness (QED) is 0.747. The minimum absolute atomic E-state index is 0.888. The Bertz CT molecular complexity index is 492. The number of imidazole rings is 1. The lowest BCUT2D eigenvalue weighted by molar-refractivity contribution is 0.319. The zero-order valence-electron chi connectivity index (χ0n) is 12.4. The molecule has 20 heavy (non-hydrogen) atoms. The van der Waals surface area contributed by atoms with Gasteiger partial charge in [0, 0.05) is 26.3 Å². The van der Waals surface area contributed by atoms with E-state index < -0.39 is 0 Å². The highest BCUT2D eigenvalue weighted by molar-refractivity contribution is 5.14. The van der Waals surface area contributed by atoms with Gasteiger partial charge in [-0.25, -0.2) is 4.98 Å². The Labute approximate surface area is 121 Å². The molecular weight excluding hydrogens is 248 g/mol. The van der Waals surface area contributed by atoms with Gasteiger partial charge in [0.05, 0.1) is 12.0 Å². The van der Waals surface area contributed by atoms with Crippen LogP contribution in [0.5, 0.6) is 0 Å². The Morgan fingerprint density at radius 2 is 2.05 bits per heavy atom. The minimum Gasteiger partial charge on any atom is -0.337 e. The highest BCUT2D eigenvalue weighted by Gasteiger charge is 2.00. The van der Waals surface area contributed by atoms with Crippen molar-refractivity contribution < 1.29 is 0 Å². The van der Waals surface area contributed by atoms with Gasteiger partial charge < -0.3 is 14.8 Å². The number of rotatable bonds is 8. The molecule has 0 saturated carbocycles. The third-order valence-corrected chi connectivity index (χ3v) is 3.41. The van der Waals surface area contributed by atoms with Gasteiger partial charge in [0.15, 0.2) is 0 Å². The van der Waals surface area contributed by atoms with Crippen LogP contribution in [-0.2, 0) is 20.1 Å². The van der Waals surface area contributed by atoms with E-state index in [2.05, 4.69) is 57.1 Å². The third kappa shape index (κ3) is 4.79. The van der Waals surface area contributed by atoms with Gasteiger partial charge >= 0.3 is 0 Å². The zero-order valence-corrected chi connectivity index (χ0v) is 12.4. The number of nitrogens with zero attached hydrogens (tertiary/aromatic N) is 3. The van der Waals surface area contributed by atoms with E-state index in [0.29, 0.717) is 0 Å². The van der Waals surface area contributed by atoms with E-state index in [0.717, 1.165) is 32.6 Å². The van der Waals surface area contributed by atoms with Crippen molar-refractivity contribution in [2.75, 3.05) is 20.1 Å². The number of aromatic nitrogens is 2. The van der Waals surface area contributed by atoms with Crippen LogP contribution < -0.4 is 5.32 Å². The Kier molecular flexibility index (Phi) is 5.77. The van der Waals surface area contributed by atoms with Crippen molar-refractivity contribution in [2.45, 2.75) is 19.5 Å². The molecule has 2 rings (SSSR count). The van der Waals surface area contributed by atoms with Crippen LogP contribution in [0.4, 0.5) is 0 Å². The molecule has 0 spiro atoms. The van der Waals surface area contributed by atoms with Crippen molar-refractivity contribution in [1.29, 1.82) is 0 Å². The Morgan fingerprint density at radius 3 is 2.75 bits per heavy atom. The van der Waals surface area contributed by atoms with Crippen molar-refractivity contribution >= 4 is 0 Å². The van der Waals surface area contributed by atoms with Crippen molar-refractivity contribution in [2.24, 2.45) is 7.05 Å². The highest BCUT2D eigenvalue weighted by atomic mass is 15.1. The summed E-state index contributed by atoms with van der Waals surface area (Å²) in [5.74, 6) is 0. The molecule has 2 aromatic rings. The van der Waals surface area contributed by atoms with Crippen LogP contribution in [0.1, 0.15) is 17.7 Å². The van der Waals surface area contributed by atoms with E-state index >= 15 is 0 Å².